The van der Waals surface area contributed by atoms with Gasteiger partial charge in [0.1, 0.15) is 0 Å². The molecule has 8 nitrogen and oxygen atoms in total. The molecule has 0 fully saturated rings. The zero-order chi connectivity index (χ0) is 15.1. The Morgan fingerprint density at radius 3 is 2.65 bits per heavy atom. The number of primary amides is 1. The van der Waals surface area contributed by atoms with Gasteiger partial charge >= 0.3 is 12.0 Å². The molecule has 1 aromatic rings. The van der Waals surface area contributed by atoms with Crippen molar-refractivity contribution in [1.29, 1.82) is 0 Å². The van der Waals surface area contributed by atoms with Gasteiger partial charge in [0.2, 0.25) is 5.91 Å². The third-order valence-electron chi connectivity index (χ3n) is 2.41. The maximum absolute atomic E-state index is 11.5. The lowest BCUT2D eigenvalue weighted by molar-refractivity contribution is -0.147. The van der Waals surface area contributed by atoms with Crippen molar-refractivity contribution in [2.75, 3.05) is 19.0 Å². The lowest BCUT2D eigenvalue weighted by Gasteiger charge is -2.12. The summed E-state index contributed by atoms with van der Waals surface area (Å²) < 4.78 is 4.66. The number of hydrogen-bond donors (Lipinski definition) is 4. The molecule has 1 aromatic carbocycles. The predicted octanol–water partition coefficient (Wildman–Crippen LogP) is 0.00660. The van der Waals surface area contributed by atoms with Gasteiger partial charge in [0, 0.05) is 18.4 Å². The molecule has 8 heteroatoms. The zero-order valence-electron chi connectivity index (χ0n) is 10.8. The summed E-state index contributed by atoms with van der Waals surface area (Å²) in [5, 5.41) is 13.5. The number of aliphatic carboxylic acids is 1. The van der Waals surface area contributed by atoms with E-state index in [1.54, 1.807) is 12.1 Å². The molecule has 0 heterocycles. The van der Waals surface area contributed by atoms with Crippen molar-refractivity contribution in [3.8, 4) is 0 Å². The van der Waals surface area contributed by atoms with Crippen molar-refractivity contribution >= 4 is 23.6 Å². The highest BCUT2D eigenvalue weighted by Gasteiger charge is 2.17. The van der Waals surface area contributed by atoms with Gasteiger partial charge in [-0.15, -0.1) is 0 Å². The second-order valence-electron chi connectivity index (χ2n) is 3.84. The van der Waals surface area contributed by atoms with E-state index in [1.807, 2.05) is 0 Å². The van der Waals surface area contributed by atoms with Crippen molar-refractivity contribution in [3.05, 3.63) is 29.8 Å². The van der Waals surface area contributed by atoms with Gasteiger partial charge in [0.25, 0.3) is 0 Å². The Balaban J connectivity index is 2.56. The molecule has 0 spiro atoms. The molecule has 1 unspecified atom stereocenters. The van der Waals surface area contributed by atoms with Crippen molar-refractivity contribution in [2.45, 2.75) is 6.10 Å². The van der Waals surface area contributed by atoms with Crippen LogP contribution in [0.2, 0.25) is 0 Å². The number of carboxylic acids is 1. The first-order valence-corrected chi connectivity index (χ1v) is 5.64. The monoisotopic (exact) mass is 281 g/mol. The molecule has 1 rings (SSSR count). The molecular formula is C12H15N3O5. The molecule has 5 N–H and O–H groups in total. The minimum absolute atomic E-state index is 0.187. The molecule has 1 atom stereocenters. The molecule has 0 saturated carbocycles. The number of anilines is 1. The second kappa shape index (κ2) is 7.10. The molecule has 0 bridgehead atoms. The molecule has 3 amide bonds. The predicted molar refractivity (Wildman–Crippen MR) is 70.4 cm³/mol. The number of carbonyl (C=O) groups is 3. The first-order valence-electron chi connectivity index (χ1n) is 5.64. The summed E-state index contributed by atoms with van der Waals surface area (Å²) >= 11 is 0. The fourth-order valence-corrected chi connectivity index (χ4v) is 1.38. The summed E-state index contributed by atoms with van der Waals surface area (Å²) in [5.74, 6) is -1.79. The SMILES string of the molecule is COC(CNC(=O)Nc1cccc(C(N)=O)c1)C(=O)O. The van der Waals surface area contributed by atoms with Gasteiger partial charge in [0.15, 0.2) is 6.10 Å². The van der Waals surface area contributed by atoms with Crippen molar-refractivity contribution in [3.63, 3.8) is 0 Å². The molecule has 0 saturated heterocycles. The number of carbonyl (C=O) groups excluding carboxylic acids is 2. The standard InChI is InChI=1S/C12H15N3O5/c1-20-9(11(17)18)6-14-12(19)15-8-4-2-3-7(5-8)10(13)16/h2-5,9H,6H2,1H3,(H2,13,16)(H,17,18)(H2,14,15,19). The smallest absolute Gasteiger partial charge is 0.334 e. The quantitative estimate of drug-likeness (QED) is 0.583. The average Bonchev–Trinajstić information content (AvgIpc) is 2.39. The highest BCUT2D eigenvalue weighted by atomic mass is 16.5. The summed E-state index contributed by atoms with van der Waals surface area (Å²) in [6, 6.07) is 5.43. The number of rotatable bonds is 6. The number of benzene rings is 1. The fourth-order valence-electron chi connectivity index (χ4n) is 1.38. The van der Waals surface area contributed by atoms with E-state index in [0.717, 1.165) is 0 Å². The van der Waals surface area contributed by atoms with E-state index in [0.29, 0.717) is 5.69 Å². The highest BCUT2D eigenvalue weighted by molar-refractivity contribution is 5.95. The zero-order valence-corrected chi connectivity index (χ0v) is 10.8. The lowest BCUT2D eigenvalue weighted by Crippen LogP contribution is -2.39. The van der Waals surface area contributed by atoms with Crippen LogP contribution < -0.4 is 16.4 Å². The first-order chi connectivity index (χ1) is 9.43. The number of carboxylic acid groups (broad SMARTS) is 1. The number of nitrogens with two attached hydrogens (primary N) is 1. The molecule has 0 aliphatic carbocycles. The molecular weight excluding hydrogens is 266 g/mol. The summed E-state index contributed by atoms with van der Waals surface area (Å²) in [7, 11) is 1.23. The first kappa shape index (κ1) is 15.4. The largest absolute Gasteiger partial charge is 0.479 e. The normalized spacial score (nSPS) is 11.4. The van der Waals surface area contributed by atoms with E-state index in [4.69, 9.17) is 10.8 Å². The summed E-state index contributed by atoms with van der Waals surface area (Å²) in [6.45, 7) is -0.187. The Kier molecular flexibility index (Phi) is 5.48. The molecule has 0 aliphatic heterocycles. The molecule has 0 aliphatic rings. The van der Waals surface area contributed by atoms with Gasteiger partial charge in [0.05, 0.1) is 6.54 Å². The Labute approximate surface area is 114 Å². The van der Waals surface area contributed by atoms with Crippen LogP contribution in [0.5, 0.6) is 0 Å². The Morgan fingerprint density at radius 1 is 1.40 bits per heavy atom. The molecule has 0 radical (unpaired) electrons. The Hall–Kier alpha value is -2.61. The van der Waals surface area contributed by atoms with Gasteiger partial charge in [-0.05, 0) is 18.2 Å². The van der Waals surface area contributed by atoms with Gasteiger partial charge in [-0.25, -0.2) is 9.59 Å². The molecule has 0 aromatic heterocycles. The van der Waals surface area contributed by atoms with E-state index >= 15 is 0 Å². The van der Waals surface area contributed by atoms with E-state index in [2.05, 4.69) is 15.4 Å². The summed E-state index contributed by atoms with van der Waals surface area (Å²) in [6.07, 6.45) is -1.13. The maximum atomic E-state index is 11.5. The van der Waals surface area contributed by atoms with Crippen LogP contribution in [0.3, 0.4) is 0 Å². The van der Waals surface area contributed by atoms with Crippen molar-refractivity contribution < 1.29 is 24.2 Å². The minimum atomic E-state index is -1.18. The van der Waals surface area contributed by atoms with Crippen LogP contribution >= 0.6 is 0 Å². The third-order valence-corrected chi connectivity index (χ3v) is 2.41. The number of nitrogens with one attached hydrogen (secondary N) is 2. The van der Waals surface area contributed by atoms with Crippen LogP contribution in [-0.4, -0.2) is 42.8 Å². The van der Waals surface area contributed by atoms with E-state index in [-0.39, 0.29) is 12.1 Å². The number of hydrogen-bond acceptors (Lipinski definition) is 4. The van der Waals surface area contributed by atoms with E-state index in [9.17, 15) is 14.4 Å². The van der Waals surface area contributed by atoms with Gasteiger partial charge in [-0.2, -0.15) is 0 Å². The van der Waals surface area contributed by atoms with Gasteiger partial charge < -0.3 is 26.2 Å². The lowest BCUT2D eigenvalue weighted by atomic mass is 10.2. The Bertz CT molecular complexity index is 518. The van der Waals surface area contributed by atoms with E-state index in [1.165, 1.54) is 19.2 Å². The average molecular weight is 281 g/mol. The Morgan fingerprint density at radius 2 is 2.10 bits per heavy atom. The van der Waals surface area contributed by atoms with Gasteiger partial charge in [-0.1, -0.05) is 6.07 Å². The van der Waals surface area contributed by atoms with Crippen LogP contribution in [-0.2, 0) is 9.53 Å². The summed E-state index contributed by atoms with van der Waals surface area (Å²) in [5.41, 5.74) is 5.73. The van der Waals surface area contributed by atoms with Crippen LogP contribution in [0.25, 0.3) is 0 Å². The third kappa shape index (κ3) is 4.58. The summed E-state index contributed by atoms with van der Waals surface area (Å²) in [4.78, 5) is 33.2. The van der Waals surface area contributed by atoms with Crippen LogP contribution in [0.1, 0.15) is 10.4 Å². The topological polar surface area (TPSA) is 131 Å². The fraction of sp³-hybridized carbons (Fsp3) is 0.250. The highest BCUT2D eigenvalue weighted by Crippen LogP contribution is 2.09. The van der Waals surface area contributed by atoms with Crippen molar-refractivity contribution in [1.82, 2.24) is 5.32 Å². The van der Waals surface area contributed by atoms with Gasteiger partial charge in [-0.3, -0.25) is 4.79 Å². The number of ether oxygens (including phenoxy) is 1. The molecule has 108 valence electrons. The van der Waals surface area contributed by atoms with Crippen LogP contribution in [0.15, 0.2) is 24.3 Å². The number of urea groups is 1. The number of methoxy groups -OCH3 is 1. The van der Waals surface area contributed by atoms with E-state index < -0.39 is 24.0 Å². The molecule has 20 heavy (non-hydrogen) atoms. The van der Waals surface area contributed by atoms with Crippen LogP contribution in [0.4, 0.5) is 10.5 Å². The van der Waals surface area contributed by atoms with Crippen LogP contribution in [0, 0.1) is 0 Å². The van der Waals surface area contributed by atoms with Crippen molar-refractivity contribution in [2.24, 2.45) is 5.73 Å². The number of amides is 3. The minimum Gasteiger partial charge on any atom is -0.479 e. The second-order valence-corrected chi connectivity index (χ2v) is 3.84. The maximum Gasteiger partial charge on any atom is 0.334 e.